The van der Waals surface area contributed by atoms with E-state index in [0.29, 0.717) is 6.04 Å². The van der Waals surface area contributed by atoms with Crippen molar-refractivity contribution in [2.75, 3.05) is 11.1 Å². The number of anilines is 1. The van der Waals surface area contributed by atoms with Crippen molar-refractivity contribution >= 4 is 24.9 Å². The van der Waals surface area contributed by atoms with Gasteiger partial charge in [-0.25, -0.2) is 0 Å². The van der Waals surface area contributed by atoms with E-state index in [2.05, 4.69) is 80.9 Å². The van der Waals surface area contributed by atoms with Crippen molar-refractivity contribution < 1.29 is 0 Å². The molecule has 0 N–H and O–H groups in total. The molecule has 0 bridgehead atoms. The molecule has 23 heavy (non-hydrogen) atoms. The summed E-state index contributed by atoms with van der Waals surface area (Å²) in [6.07, 6.45) is 1.21. The molecule has 4 rings (SSSR count). The van der Waals surface area contributed by atoms with Crippen molar-refractivity contribution in [3.63, 3.8) is 0 Å². The lowest BCUT2D eigenvalue weighted by molar-refractivity contribution is 0.837. The second-order valence-electron chi connectivity index (χ2n) is 8.24. The second kappa shape index (κ2) is 4.84. The van der Waals surface area contributed by atoms with Crippen molar-refractivity contribution in [2.45, 2.75) is 39.5 Å². The Bertz CT molecular complexity index is 826. The molecule has 0 spiro atoms. The number of hydrogen-bond donors (Lipinski definition) is 0. The minimum atomic E-state index is -1.20. The molecule has 2 aliphatic rings. The van der Waals surface area contributed by atoms with Gasteiger partial charge in [-0.1, -0.05) is 55.5 Å². The Balaban J connectivity index is 1.96. The summed E-state index contributed by atoms with van der Waals surface area (Å²) in [6, 6.07) is 16.4. The molecule has 1 aliphatic heterocycles. The van der Waals surface area contributed by atoms with Crippen LogP contribution in [0.25, 0.3) is 11.1 Å². The van der Waals surface area contributed by atoms with E-state index in [9.17, 15) is 0 Å². The smallest absolute Gasteiger partial charge is 0.0807 e. The normalized spacial score (nSPS) is 19.0. The number of benzene rings is 2. The standard InChI is InChI=1S/C21H25NSi/c1-14-10-11-19-18(12-14)20-15(2)16-8-6-7-9-17(16)21(20)22(19)13-23(3,4)5/h6-12,21H,13H2,1-5H3. The van der Waals surface area contributed by atoms with Gasteiger partial charge in [0, 0.05) is 17.4 Å². The summed E-state index contributed by atoms with van der Waals surface area (Å²) in [5.41, 5.74) is 10.2. The lowest BCUT2D eigenvalue weighted by Crippen LogP contribution is -2.40. The highest BCUT2D eigenvalue weighted by molar-refractivity contribution is 6.76. The fourth-order valence-corrected chi connectivity index (χ4v) is 5.57. The van der Waals surface area contributed by atoms with E-state index in [0.717, 1.165) is 0 Å². The summed E-state index contributed by atoms with van der Waals surface area (Å²) in [4.78, 5) is 2.69. The van der Waals surface area contributed by atoms with Crippen LogP contribution in [0.15, 0.2) is 42.5 Å². The first kappa shape index (κ1) is 14.8. The number of hydrogen-bond acceptors (Lipinski definition) is 1. The van der Waals surface area contributed by atoms with Crippen LogP contribution in [0.4, 0.5) is 5.69 Å². The van der Waals surface area contributed by atoms with E-state index in [1.54, 1.807) is 5.57 Å². The molecule has 0 saturated carbocycles. The molecule has 1 atom stereocenters. The van der Waals surface area contributed by atoms with Crippen LogP contribution in [0, 0.1) is 6.92 Å². The molecule has 0 aromatic heterocycles. The summed E-state index contributed by atoms with van der Waals surface area (Å²) in [7, 11) is -1.20. The summed E-state index contributed by atoms with van der Waals surface area (Å²) < 4.78 is 0. The third-order valence-corrected chi connectivity index (χ3v) is 6.33. The molecule has 0 amide bonds. The lowest BCUT2D eigenvalue weighted by atomic mass is 9.99. The van der Waals surface area contributed by atoms with Crippen LogP contribution >= 0.6 is 0 Å². The van der Waals surface area contributed by atoms with Gasteiger partial charge in [0.2, 0.25) is 0 Å². The molecule has 1 unspecified atom stereocenters. The molecule has 0 fully saturated rings. The van der Waals surface area contributed by atoms with Crippen molar-refractivity contribution in [3.8, 4) is 0 Å². The van der Waals surface area contributed by atoms with Gasteiger partial charge in [-0.05, 0) is 48.3 Å². The summed E-state index contributed by atoms with van der Waals surface area (Å²) in [5.74, 6) is 0. The molecule has 0 saturated heterocycles. The van der Waals surface area contributed by atoms with Gasteiger partial charge in [-0.15, -0.1) is 0 Å². The predicted molar refractivity (Wildman–Crippen MR) is 104 cm³/mol. The van der Waals surface area contributed by atoms with E-state index in [1.165, 1.54) is 39.7 Å². The third-order valence-electron chi connectivity index (χ3n) is 5.04. The Hall–Kier alpha value is -1.80. The van der Waals surface area contributed by atoms with Gasteiger partial charge in [0.15, 0.2) is 0 Å². The fraction of sp³-hybridized carbons (Fsp3) is 0.333. The lowest BCUT2D eigenvalue weighted by Gasteiger charge is -2.32. The molecule has 2 aromatic carbocycles. The number of aryl methyl sites for hydroxylation is 1. The number of fused-ring (bicyclic) bond motifs is 5. The maximum atomic E-state index is 2.69. The number of allylic oxidation sites excluding steroid dienone is 1. The molecule has 2 heteroatoms. The van der Waals surface area contributed by atoms with Crippen LogP contribution in [-0.2, 0) is 0 Å². The highest BCUT2D eigenvalue weighted by atomic mass is 28.3. The molecule has 1 nitrogen and oxygen atoms in total. The van der Waals surface area contributed by atoms with Gasteiger partial charge in [0.25, 0.3) is 0 Å². The van der Waals surface area contributed by atoms with Crippen LogP contribution < -0.4 is 4.90 Å². The molecule has 2 aromatic rings. The zero-order valence-electron chi connectivity index (χ0n) is 14.8. The maximum Gasteiger partial charge on any atom is 0.0807 e. The maximum absolute atomic E-state index is 2.69. The van der Waals surface area contributed by atoms with E-state index in [-0.39, 0.29) is 0 Å². The minimum Gasteiger partial charge on any atom is -0.363 e. The predicted octanol–water partition coefficient (Wildman–Crippen LogP) is 5.68. The van der Waals surface area contributed by atoms with Crippen LogP contribution in [0.3, 0.4) is 0 Å². The van der Waals surface area contributed by atoms with Crippen molar-refractivity contribution in [1.82, 2.24) is 0 Å². The largest absolute Gasteiger partial charge is 0.363 e. The Morgan fingerprint density at radius 1 is 0.957 bits per heavy atom. The van der Waals surface area contributed by atoms with Gasteiger partial charge < -0.3 is 4.90 Å². The minimum absolute atomic E-state index is 0.426. The summed E-state index contributed by atoms with van der Waals surface area (Å²) >= 11 is 0. The quantitative estimate of drug-likeness (QED) is 0.644. The monoisotopic (exact) mass is 319 g/mol. The van der Waals surface area contributed by atoms with Gasteiger partial charge in [0.1, 0.15) is 0 Å². The molecule has 0 radical (unpaired) electrons. The van der Waals surface area contributed by atoms with Crippen molar-refractivity contribution in [1.29, 1.82) is 0 Å². The number of nitrogens with zero attached hydrogens (tertiary/aromatic N) is 1. The second-order valence-corrected chi connectivity index (χ2v) is 13.7. The SMILES string of the molecule is CC1=C2c3cc(C)ccc3N(C[Si](C)(C)C)C2c2ccccc21. The van der Waals surface area contributed by atoms with Crippen LogP contribution in [0.1, 0.15) is 35.2 Å². The van der Waals surface area contributed by atoms with Crippen LogP contribution in [-0.4, -0.2) is 14.2 Å². The molecule has 1 aliphatic carbocycles. The first-order chi connectivity index (χ1) is 10.9. The third kappa shape index (κ3) is 2.20. The zero-order chi connectivity index (χ0) is 16.4. The Morgan fingerprint density at radius 2 is 1.70 bits per heavy atom. The Kier molecular flexibility index (Phi) is 3.11. The Labute approximate surface area is 140 Å². The zero-order valence-corrected chi connectivity index (χ0v) is 15.8. The van der Waals surface area contributed by atoms with E-state index in [4.69, 9.17) is 0 Å². The highest BCUT2D eigenvalue weighted by Crippen LogP contribution is 2.56. The fourth-order valence-electron chi connectivity index (χ4n) is 4.20. The van der Waals surface area contributed by atoms with E-state index < -0.39 is 8.07 Å². The van der Waals surface area contributed by atoms with Gasteiger partial charge in [-0.3, -0.25) is 0 Å². The summed E-state index contributed by atoms with van der Waals surface area (Å²) in [5, 5.41) is 0. The average Bonchev–Trinajstić information content (AvgIpc) is 2.93. The molecular weight excluding hydrogens is 294 g/mol. The Morgan fingerprint density at radius 3 is 2.43 bits per heavy atom. The average molecular weight is 320 g/mol. The molecule has 118 valence electrons. The highest BCUT2D eigenvalue weighted by Gasteiger charge is 2.42. The summed E-state index contributed by atoms with van der Waals surface area (Å²) in [6.45, 7) is 11.9. The van der Waals surface area contributed by atoms with Gasteiger partial charge in [-0.2, -0.15) is 0 Å². The van der Waals surface area contributed by atoms with Gasteiger partial charge in [0.05, 0.1) is 14.1 Å². The van der Waals surface area contributed by atoms with Gasteiger partial charge >= 0.3 is 0 Å². The van der Waals surface area contributed by atoms with E-state index >= 15 is 0 Å². The first-order valence-corrected chi connectivity index (χ1v) is 12.3. The van der Waals surface area contributed by atoms with Crippen molar-refractivity contribution in [3.05, 3.63) is 64.7 Å². The topological polar surface area (TPSA) is 3.24 Å². The van der Waals surface area contributed by atoms with Crippen molar-refractivity contribution in [2.24, 2.45) is 0 Å². The van der Waals surface area contributed by atoms with Crippen LogP contribution in [0.2, 0.25) is 19.6 Å². The first-order valence-electron chi connectivity index (χ1n) is 8.54. The van der Waals surface area contributed by atoms with Crippen LogP contribution in [0.5, 0.6) is 0 Å². The molecular formula is C21H25NSi. The molecule has 1 heterocycles. The van der Waals surface area contributed by atoms with E-state index in [1.807, 2.05) is 0 Å². The number of rotatable bonds is 2.